The van der Waals surface area contributed by atoms with Crippen LogP contribution < -0.4 is 5.73 Å². The molecule has 3 N–H and O–H groups in total. The Morgan fingerprint density at radius 1 is 1.14 bits per heavy atom. The number of aryl methyl sites for hydroxylation is 1. The molecule has 1 aliphatic carbocycles. The molecule has 0 heterocycles. The summed E-state index contributed by atoms with van der Waals surface area (Å²) in [5.74, 6) is 0. The van der Waals surface area contributed by atoms with Crippen LogP contribution in [-0.2, 0) is 11.8 Å². The molecule has 2 aromatic rings. The number of hydrogen-bond acceptors (Lipinski definition) is 2. The summed E-state index contributed by atoms with van der Waals surface area (Å²) >= 11 is 12.4. The molecule has 0 saturated carbocycles. The topological polar surface area (TPSA) is 46.2 Å². The van der Waals surface area contributed by atoms with E-state index in [4.69, 9.17) is 28.9 Å². The summed E-state index contributed by atoms with van der Waals surface area (Å²) in [6, 6.07) is 13.5. The standard InChI is InChI=1S/C17H17Cl2NO/c18-14-7-3-5-12(15(14)19)16(21)17(10-20)9-8-11-4-1-2-6-13(11)17/h1-7,16,21H,8-10,20H2. The third kappa shape index (κ3) is 2.27. The first-order chi connectivity index (χ1) is 10.1. The second kappa shape index (κ2) is 5.62. The van der Waals surface area contributed by atoms with E-state index in [2.05, 4.69) is 12.1 Å². The number of aliphatic hydroxyl groups is 1. The van der Waals surface area contributed by atoms with Gasteiger partial charge in [0.2, 0.25) is 0 Å². The molecule has 0 saturated heterocycles. The van der Waals surface area contributed by atoms with Gasteiger partial charge in [0.05, 0.1) is 16.1 Å². The first-order valence-electron chi connectivity index (χ1n) is 7.00. The Morgan fingerprint density at radius 3 is 2.67 bits per heavy atom. The van der Waals surface area contributed by atoms with Crippen LogP contribution in [0.5, 0.6) is 0 Å². The van der Waals surface area contributed by atoms with Crippen molar-refractivity contribution in [2.45, 2.75) is 24.4 Å². The Hall–Kier alpha value is -1.06. The minimum absolute atomic E-state index is 0.369. The van der Waals surface area contributed by atoms with Crippen LogP contribution in [0.15, 0.2) is 42.5 Å². The highest BCUT2D eigenvalue weighted by molar-refractivity contribution is 6.42. The number of halogens is 2. The summed E-state index contributed by atoms with van der Waals surface area (Å²) in [7, 11) is 0. The van der Waals surface area contributed by atoms with Gasteiger partial charge in [-0.15, -0.1) is 0 Å². The van der Waals surface area contributed by atoms with Crippen molar-refractivity contribution in [3.63, 3.8) is 0 Å². The molecule has 0 aromatic heterocycles. The minimum atomic E-state index is -0.766. The lowest BCUT2D eigenvalue weighted by molar-refractivity contribution is 0.0841. The van der Waals surface area contributed by atoms with Gasteiger partial charge in [-0.1, -0.05) is 59.6 Å². The summed E-state index contributed by atoms with van der Waals surface area (Å²) in [6.45, 7) is 0.369. The number of rotatable bonds is 3. The van der Waals surface area contributed by atoms with Crippen molar-refractivity contribution in [2.24, 2.45) is 5.73 Å². The van der Waals surface area contributed by atoms with Gasteiger partial charge in [-0.2, -0.15) is 0 Å². The highest BCUT2D eigenvalue weighted by Crippen LogP contribution is 2.48. The molecule has 2 unspecified atom stereocenters. The highest BCUT2D eigenvalue weighted by atomic mass is 35.5. The second-order valence-electron chi connectivity index (χ2n) is 5.56. The average molecular weight is 322 g/mol. The van der Waals surface area contributed by atoms with E-state index in [0.29, 0.717) is 22.2 Å². The lowest BCUT2D eigenvalue weighted by Crippen LogP contribution is -2.39. The van der Waals surface area contributed by atoms with Gasteiger partial charge >= 0.3 is 0 Å². The van der Waals surface area contributed by atoms with Crippen molar-refractivity contribution in [3.8, 4) is 0 Å². The number of benzene rings is 2. The molecule has 4 heteroatoms. The van der Waals surface area contributed by atoms with E-state index in [1.54, 1.807) is 12.1 Å². The Kier molecular flexibility index (Phi) is 3.98. The average Bonchev–Trinajstić information content (AvgIpc) is 2.89. The third-order valence-electron chi connectivity index (χ3n) is 4.56. The Balaban J connectivity index is 2.11. The Morgan fingerprint density at radius 2 is 1.90 bits per heavy atom. The molecule has 0 amide bonds. The number of nitrogens with two attached hydrogens (primary N) is 1. The first-order valence-corrected chi connectivity index (χ1v) is 7.76. The third-order valence-corrected chi connectivity index (χ3v) is 5.39. The fourth-order valence-electron chi connectivity index (χ4n) is 3.35. The molecule has 110 valence electrons. The number of fused-ring (bicyclic) bond motifs is 1. The second-order valence-corrected chi connectivity index (χ2v) is 6.35. The van der Waals surface area contributed by atoms with Crippen molar-refractivity contribution in [1.29, 1.82) is 0 Å². The van der Waals surface area contributed by atoms with Crippen molar-refractivity contribution >= 4 is 23.2 Å². The fourth-order valence-corrected chi connectivity index (χ4v) is 3.76. The summed E-state index contributed by atoms with van der Waals surface area (Å²) < 4.78 is 0. The van der Waals surface area contributed by atoms with E-state index in [1.807, 2.05) is 18.2 Å². The molecule has 0 aliphatic heterocycles. The Bertz CT molecular complexity index is 674. The van der Waals surface area contributed by atoms with E-state index < -0.39 is 11.5 Å². The molecule has 0 fully saturated rings. The van der Waals surface area contributed by atoms with E-state index in [-0.39, 0.29) is 0 Å². The lowest BCUT2D eigenvalue weighted by atomic mass is 9.74. The maximum atomic E-state index is 11.0. The highest BCUT2D eigenvalue weighted by Gasteiger charge is 2.44. The molecule has 1 aliphatic rings. The van der Waals surface area contributed by atoms with Crippen LogP contribution in [0.4, 0.5) is 0 Å². The zero-order valence-corrected chi connectivity index (χ0v) is 13.0. The van der Waals surface area contributed by atoms with Crippen LogP contribution in [0.3, 0.4) is 0 Å². The van der Waals surface area contributed by atoms with E-state index in [9.17, 15) is 5.11 Å². The van der Waals surface area contributed by atoms with Crippen molar-refractivity contribution in [1.82, 2.24) is 0 Å². The summed E-state index contributed by atoms with van der Waals surface area (Å²) in [5, 5.41) is 11.9. The predicted molar refractivity (Wildman–Crippen MR) is 86.9 cm³/mol. The predicted octanol–water partition coefficient (Wildman–Crippen LogP) is 3.87. The summed E-state index contributed by atoms with van der Waals surface area (Å²) in [6.07, 6.45) is 0.965. The largest absolute Gasteiger partial charge is 0.387 e. The SMILES string of the molecule is NCC1(C(O)c2cccc(Cl)c2Cl)CCc2ccccc21. The summed E-state index contributed by atoms with van der Waals surface area (Å²) in [4.78, 5) is 0. The molecular formula is C17H17Cl2NO. The molecular weight excluding hydrogens is 305 g/mol. The van der Waals surface area contributed by atoms with Crippen LogP contribution in [0.2, 0.25) is 10.0 Å². The minimum Gasteiger partial charge on any atom is -0.387 e. The van der Waals surface area contributed by atoms with Gasteiger partial charge in [-0.25, -0.2) is 0 Å². The maximum absolute atomic E-state index is 11.0. The number of aliphatic hydroxyl groups excluding tert-OH is 1. The zero-order valence-electron chi connectivity index (χ0n) is 11.5. The van der Waals surface area contributed by atoms with Gasteiger partial charge < -0.3 is 10.8 Å². The van der Waals surface area contributed by atoms with Crippen molar-refractivity contribution in [3.05, 3.63) is 69.2 Å². The molecule has 21 heavy (non-hydrogen) atoms. The molecule has 0 spiro atoms. The smallest absolute Gasteiger partial charge is 0.0913 e. The van der Waals surface area contributed by atoms with Crippen LogP contribution in [0.25, 0.3) is 0 Å². The van der Waals surface area contributed by atoms with Crippen LogP contribution in [0.1, 0.15) is 29.2 Å². The molecule has 2 nitrogen and oxygen atoms in total. The van der Waals surface area contributed by atoms with Crippen molar-refractivity contribution < 1.29 is 5.11 Å². The molecule has 2 atom stereocenters. The van der Waals surface area contributed by atoms with Gasteiger partial charge in [-0.05, 0) is 30.0 Å². The Labute approximate surface area is 134 Å². The van der Waals surface area contributed by atoms with Crippen LogP contribution in [0, 0.1) is 0 Å². The first kappa shape index (κ1) is 14.9. The van der Waals surface area contributed by atoms with Gasteiger partial charge in [0.25, 0.3) is 0 Å². The zero-order chi connectivity index (χ0) is 15.0. The maximum Gasteiger partial charge on any atom is 0.0913 e. The molecule has 0 bridgehead atoms. The van der Waals surface area contributed by atoms with E-state index >= 15 is 0 Å². The van der Waals surface area contributed by atoms with Crippen LogP contribution >= 0.6 is 23.2 Å². The van der Waals surface area contributed by atoms with Gasteiger partial charge in [-0.3, -0.25) is 0 Å². The van der Waals surface area contributed by atoms with Gasteiger partial charge in [0, 0.05) is 17.5 Å². The van der Waals surface area contributed by atoms with E-state index in [1.165, 1.54) is 5.56 Å². The van der Waals surface area contributed by atoms with Crippen molar-refractivity contribution in [2.75, 3.05) is 6.54 Å². The monoisotopic (exact) mass is 321 g/mol. The van der Waals surface area contributed by atoms with Gasteiger partial charge in [0.15, 0.2) is 0 Å². The fraction of sp³-hybridized carbons (Fsp3) is 0.294. The summed E-state index contributed by atoms with van der Waals surface area (Å²) in [5.41, 5.74) is 8.60. The lowest BCUT2D eigenvalue weighted by Gasteiger charge is -2.35. The molecule has 3 rings (SSSR count). The normalized spacial score (nSPS) is 22.1. The van der Waals surface area contributed by atoms with Crippen LogP contribution in [-0.4, -0.2) is 11.7 Å². The number of hydrogen-bond donors (Lipinski definition) is 2. The van der Waals surface area contributed by atoms with E-state index in [0.717, 1.165) is 18.4 Å². The molecule has 0 radical (unpaired) electrons. The van der Waals surface area contributed by atoms with Gasteiger partial charge in [0.1, 0.15) is 0 Å². The quantitative estimate of drug-likeness (QED) is 0.901. The molecule has 2 aromatic carbocycles.